The first-order valence-electron chi connectivity index (χ1n) is 7.26. The van der Waals surface area contributed by atoms with Crippen molar-refractivity contribution in [3.63, 3.8) is 0 Å². The van der Waals surface area contributed by atoms with E-state index in [4.69, 9.17) is 16.3 Å². The highest BCUT2D eigenvalue weighted by Gasteiger charge is 2.20. The Morgan fingerprint density at radius 2 is 1.92 bits per heavy atom. The van der Waals surface area contributed by atoms with E-state index in [1.165, 1.54) is 37.4 Å². The number of aromatic nitrogens is 1. The van der Waals surface area contributed by atoms with Crippen LogP contribution < -0.4 is 5.32 Å². The van der Waals surface area contributed by atoms with Crippen LogP contribution in [0.15, 0.2) is 42.6 Å². The minimum atomic E-state index is -1.07. The van der Waals surface area contributed by atoms with Crippen molar-refractivity contribution in [3.8, 4) is 0 Å². The van der Waals surface area contributed by atoms with Gasteiger partial charge in [-0.1, -0.05) is 11.6 Å². The second-order valence-electron chi connectivity index (χ2n) is 5.05. The second kappa shape index (κ2) is 8.34. The van der Waals surface area contributed by atoms with E-state index in [9.17, 15) is 18.8 Å². The van der Waals surface area contributed by atoms with Crippen LogP contribution in [0.2, 0.25) is 5.02 Å². The summed E-state index contributed by atoms with van der Waals surface area (Å²) in [6.07, 6.45) is 0.290. The minimum absolute atomic E-state index is 0.0516. The number of halogens is 2. The Hall–Kier alpha value is -2.80. The van der Waals surface area contributed by atoms with Crippen molar-refractivity contribution in [3.05, 3.63) is 64.7 Å². The largest absolute Gasteiger partial charge is 0.453 e. The molecular formula is C17H14ClFN2O4. The minimum Gasteiger partial charge on any atom is -0.453 e. The Morgan fingerprint density at radius 1 is 1.24 bits per heavy atom. The molecule has 25 heavy (non-hydrogen) atoms. The normalized spacial score (nSPS) is 11.5. The van der Waals surface area contributed by atoms with Gasteiger partial charge in [0.15, 0.2) is 6.10 Å². The Labute approximate surface area is 148 Å². The molecule has 1 aromatic heterocycles. The van der Waals surface area contributed by atoms with E-state index in [1.54, 1.807) is 0 Å². The molecule has 0 saturated carbocycles. The first-order chi connectivity index (χ1) is 11.9. The monoisotopic (exact) mass is 364 g/mol. The van der Waals surface area contributed by atoms with Crippen LogP contribution in [0.1, 0.15) is 27.8 Å². The molecule has 0 fully saturated rings. The highest BCUT2D eigenvalue weighted by Crippen LogP contribution is 2.09. The lowest BCUT2D eigenvalue weighted by atomic mass is 10.1. The number of nitrogens with one attached hydrogen (secondary N) is 1. The predicted octanol–water partition coefficient (Wildman–Crippen LogP) is 2.42. The van der Waals surface area contributed by atoms with Crippen LogP contribution in [0.5, 0.6) is 0 Å². The van der Waals surface area contributed by atoms with Crippen molar-refractivity contribution < 1.29 is 23.5 Å². The Morgan fingerprint density at radius 3 is 2.56 bits per heavy atom. The molecular weight excluding hydrogens is 351 g/mol. The van der Waals surface area contributed by atoms with Crippen LogP contribution in [0, 0.1) is 5.82 Å². The molecule has 0 saturated heterocycles. The van der Waals surface area contributed by atoms with Gasteiger partial charge in [-0.2, -0.15) is 0 Å². The molecule has 0 bridgehead atoms. The van der Waals surface area contributed by atoms with Crippen molar-refractivity contribution in [1.82, 2.24) is 10.3 Å². The van der Waals surface area contributed by atoms with Gasteiger partial charge in [0.05, 0.1) is 0 Å². The van der Waals surface area contributed by atoms with Crippen LogP contribution in [0.4, 0.5) is 4.39 Å². The molecule has 1 aromatic carbocycles. The summed E-state index contributed by atoms with van der Waals surface area (Å²) in [5, 5.41) is 2.66. The van der Waals surface area contributed by atoms with Crippen LogP contribution in [-0.2, 0) is 9.53 Å². The van der Waals surface area contributed by atoms with Crippen molar-refractivity contribution in [1.29, 1.82) is 0 Å². The fourth-order valence-electron chi connectivity index (χ4n) is 1.91. The number of benzene rings is 1. The third-order valence-corrected chi connectivity index (χ3v) is 3.39. The van der Waals surface area contributed by atoms with Gasteiger partial charge in [0.1, 0.15) is 18.1 Å². The van der Waals surface area contributed by atoms with Gasteiger partial charge >= 0.3 is 5.97 Å². The molecule has 1 N–H and O–H groups in total. The number of amides is 1. The molecule has 2 rings (SSSR count). The summed E-state index contributed by atoms with van der Waals surface area (Å²) in [4.78, 5) is 39.5. The highest BCUT2D eigenvalue weighted by atomic mass is 35.5. The zero-order valence-electron chi connectivity index (χ0n) is 13.2. The number of hydrogen-bond donors (Lipinski definition) is 1. The van der Waals surface area contributed by atoms with Gasteiger partial charge in [0.25, 0.3) is 5.91 Å². The molecule has 6 nitrogen and oxygen atoms in total. The molecule has 1 atom stereocenters. The van der Waals surface area contributed by atoms with Gasteiger partial charge in [0.2, 0.25) is 5.78 Å². The quantitative estimate of drug-likeness (QED) is 0.628. The summed E-state index contributed by atoms with van der Waals surface area (Å²) in [5.41, 5.74) is 0.268. The molecule has 0 aliphatic carbocycles. The maximum atomic E-state index is 12.9. The van der Waals surface area contributed by atoms with E-state index in [2.05, 4.69) is 10.3 Å². The van der Waals surface area contributed by atoms with Gasteiger partial charge in [-0.15, -0.1) is 0 Å². The fraction of sp³-hybridized carbons (Fsp3) is 0.176. The summed E-state index contributed by atoms with van der Waals surface area (Å²) in [5.74, 6) is -2.34. The average Bonchev–Trinajstić information content (AvgIpc) is 2.59. The topological polar surface area (TPSA) is 85.4 Å². The van der Waals surface area contributed by atoms with Crippen molar-refractivity contribution in [2.75, 3.05) is 6.54 Å². The Bertz CT molecular complexity index is 795. The van der Waals surface area contributed by atoms with Crippen LogP contribution in [0.3, 0.4) is 0 Å². The molecule has 0 unspecified atom stereocenters. The average molecular weight is 365 g/mol. The number of ketones is 1. The molecule has 0 radical (unpaired) electrons. The third kappa shape index (κ3) is 5.36. The van der Waals surface area contributed by atoms with Gasteiger partial charge in [-0.05, 0) is 43.3 Å². The number of nitrogens with zero attached hydrogens (tertiary/aromatic N) is 1. The lowest BCUT2D eigenvalue weighted by Gasteiger charge is -2.12. The summed E-state index contributed by atoms with van der Waals surface area (Å²) < 4.78 is 17.8. The smallest absolute Gasteiger partial charge is 0.326 e. The Balaban J connectivity index is 1.86. The number of Topliss-reactive ketones (excluding diaryl/α,β-unsaturated/α-hetero) is 1. The standard InChI is InChI=1S/C17H14ClFN2O4/c1-10(16(23)11-2-4-13(19)5-3-11)25-15(22)9-21-17(24)14-8-12(18)6-7-20-14/h2-8,10H,9H2,1H3,(H,21,24)/t10-/m0/s1. The van der Waals surface area contributed by atoms with Crippen molar-refractivity contribution >= 4 is 29.3 Å². The second-order valence-corrected chi connectivity index (χ2v) is 5.48. The number of ether oxygens (including phenoxy) is 1. The first kappa shape index (κ1) is 18.5. The maximum Gasteiger partial charge on any atom is 0.326 e. The van der Waals surface area contributed by atoms with Crippen LogP contribution >= 0.6 is 11.6 Å². The molecule has 1 amide bonds. The van der Waals surface area contributed by atoms with E-state index < -0.39 is 36.1 Å². The zero-order chi connectivity index (χ0) is 18.4. The molecule has 0 aliphatic rings. The molecule has 0 aliphatic heterocycles. The number of pyridine rings is 1. The fourth-order valence-corrected chi connectivity index (χ4v) is 2.07. The maximum absolute atomic E-state index is 12.9. The van der Waals surface area contributed by atoms with Gasteiger partial charge in [0, 0.05) is 16.8 Å². The summed E-state index contributed by atoms with van der Waals surface area (Å²) in [6.45, 7) is 0.956. The number of carbonyl (C=O) groups excluding carboxylic acids is 3. The number of hydrogen-bond acceptors (Lipinski definition) is 5. The summed E-state index contributed by atoms with van der Waals surface area (Å²) in [7, 11) is 0. The molecule has 8 heteroatoms. The predicted molar refractivity (Wildman–Crippen MR) is 87.9 cm³/mol. The van der Waals surface area contributed by atoms with Gasteiger partial charge < -0.3 is 10.1 Å². The van der Waals surface area contributed by atoms with Crippen LogP contribution in [-0.4, -0.2) is 35.3 Å². The Kier molecular flexibility index (Phi) is 6.19. The van der Waals surface area contributed by atoms with E-state index in [0.29, 0.717) is 5.02 Å². The lowest BCUT2D eigenvalue weighted by molar-refractivity contribution is -0.145. The van der Waals surface area contributed by atoms with Crippen LogP contribution in [0.25, 0.3) is 0 Å². The van der Waals surface area contributed by atoms with Gasteiger partial charge in [-0.3, -0.25) is 19.4 Å². The molecule has 0 spiro atoms. The lowest BCUT2D eigenvalue weighted by Crippen LogP contribution is -2.34. The van der Waals surface area contributed by atoms with E-state index >= 15 is 0 Å². The number of esters is 1. The number of rotatable bonds is 6. The van der Waals surface area contributed by atoms with Crippen molar-refractivity contribution in [2.45, 2.75) is 13.0 Å². The van der Waals surface area contributed by atoms with E-state index in [0.717, 1.165) is 12.1 Å². The zero-order valence-corrected chi connectivity index (χ0v) is 13.9. The summed E-state index contributed by atoms with van der Waals surface area (Å²) >= 11 is 5.75. The van der Waals surface area contributed by atoms with E-state index in [-0.39, 0.29) is 11.3 Å². The third-order valence-electron chi connectivity index (χ3n) is 3.15. The summed E-state index contributed by atoms with van der Waals surface area (Å²) in [6, 6.07) is 7.74. The number of carbonyl (C=O) groups is 3. The first-order valence-corrected chi connectivity index (χ1v) is 7.63. The van der Waals surface area contributed by atoms with Crippen molar-refractivity contribution in [2.24, 2.45) is 0 Å². The molecule has 130 valence electrons. The van der Waals surface area contributed by atoms with Gasteiger partial charge in [-0.25, -0.2) is 4.39 Å². The van der Waals surface area contributed by atoms with E-state index in [1.807, 2.05) is 0 Å². The molecule has 1 heterocycles. The molecule has 2 aromatic rings. The highest BCUT2D eigenvalue weighted by molar-refractivity contribution is 6.30. The SMILES string of the molecule is C[C@H](OC(=O)CNC(=O)c1cc(Cl)ccn1)C(=O)c1ccc(F)cc1.